The number of rotatable bonds is 5. The van der Waals surface area contributed by atoms with Gasteiger partial charge in [0.05, 0.1) is 34.4 Å². The first-order chi connectivity index (χ1) is 16.9. The fourth-order valence-corrected chi connectivity index (χ4v) is 4.35. The van der Waals surface area contributed by atoms with Crippen LogP contribution in [0.5, 0.6) is 0 Å². The highest BCUT2D eigenvalue weighted by Crippen LogP contribution is 2.29. The van der Waals surface area contributed by atoms with Gasteiger partial charge in [-0.1, -0.05) is 54.9 Å². The summed E-state index contributed by atoms with van der Waals surface area (Å²) in [7, 11) is 0. The standard InChI is InChI=1S/C29H25ClN4O/c1-4-20-10-13-22(14-11-20)34-19(3)25(17-31-34)28-16-24(23-7-5-6-8-27(23)33-28)29(35)32-21-12-9-18(2)26(30)15-21/h5-17H,4H2,1-3H3,(H,32,35). The Morgan fingerprint density at radius 3 is 2.51 bits per heavy atom. The van der Waals surface area contributed by atoms with E-state index >= 15 is 0 Å². The van der Waals surface area contributed by atoms with Crippen molar-refractivity contribution in [1.82, 2.24) is 14.8 Å². The number of carbonyl (C=O) groups excluding carboxylic acids is 1. The smallest absolute Gasteiger partial charge is 0.256 e. The maximum Gasteiger partial charge on any atom is 0.256 e. The maximum atomic E-state index is 13.4. The lowest BCUT2D eigenvalue weighted by Gasteiger charge is -2.11. The molecule has 0 bridgehead atoms. The van der Waals surface area contributed by atoms with Crippen LogP contribution in [0.3, 0.4) is 0 Å². The van der Waals surface area contributed by atoms with Crippen LogP contribution in [0.4, 0.5) is 5.69 Å². The molecular formula is C29H25ClN4O. The van der Waals surface area contributed by atoms with Crippen molar-refractivity contribution in [2.45, 2.75) is 27.2 Å². The number of aromatic nitrogens is 3. The summed E-state index contributed by atoms with van der Waals surface area (Å²) < 4.78 is 1.90. The molecule has 1 amide bonds. The highest BCUT2D eigenvalue weighted by molar-refractivity contribution is 6.31. The molecule has 5 rings (SSSR count). The number of fused-ring (bicyclic) bond motifs is 1. The van der Waals surface area contributed by atoms with Gasteiger partial charge in [-0.2, -0.15) is 5.10 Å². The maximum absolute atomic E-state index is 13.4. The number of amides is 1. The Bertz CT molecular complexity index is 1550. The van der Waals surface area contributed by atoms with E-state index in [1.54, 1.807) is 6.07 Å². The lowest BCUT2D eigenvalue weighted by Crippen LogP contribution is -2.13. The van der Waals surface area contributed by atoms with Crippen LogP contribution < -0.4 is 5.32 Å². The van der Waals surface area contributed by atoms with Gasteiger partial charge in [0, 0.05) is 21.7 Å². The molecule has 0 atom stereocenters. The number of nitrogens with one attached hydrogen (secondary N) is 1. The number of benzene rings is 3. The first-order valence-electron chi connectivity index (χ1n) is 11.6. The minimum Gasteiger partial charge on any atom is -0.322 e. The van der Waals surface area contributed by atoms with Gasteiger partial charge in [0.1, 0.15) is 0 Å². The molecule has 0 fully saturated rings. The molecule has 0 saturated heterocycles. The van der Waals surface area contributed by atoms with E-state index in [0.717, 1.165) is 39.8 Å². The van der Waals surface area contributed by atoms with Crippen molar-refractivity contribution in [3.05, 3.63) is 106 Å². The molecular weight excluding hydrogens is 456 g/mol. The average Bonchev–Trinajstić information content (AvgIpc) is 3.26. The number of nitrogens with zero attached hydrogens (tertiary/aromatic N) is 3. The van der Waals surface area contributed by atoms with E-state index in [4.69, 9.17) is 16.6 Å². The minimum absolute atomic E-state index is 0.218. The topological polar surface area (TPSA) is 59.8 Å². The molecule has 174 valence electrons. The van der Waals surface area contributed by atoms with Gasteiger partial charge in [0.2, 0.25) is 0 Å². The monoisotopic (exact) mass is 480 g/mol. The lowest BCUT2D eigenvalue weighted by atomic mass is 10.0. The van der Waals surface area contributed by atoms with Gasteiger partial charge in [0.15, 0.2) is 0 Å². The Hall–Kier alpha value is -3.96. The van der Waals surface area contributed by atoms with E-state index in [1.807, 2.05) is 67.2 Å². The molecule has 0 unspecified atom stereocenters. The quantitative estimate of drug-likeness (QED) is 0.290. The fourth-order valence-electron chi connectivity index (χ4n) is 4.16. The minimum atomic E-state index is -0.218. The van der Waals surface area contributed by atoms with Crippen LogP contribution in [-0.2, 0) is 6.42 Å². The van der Waals surface area contributed by atoms with E-state index in [-0.39, 0.29) is 5.91 Å². The molecule has 3 aromatic carbocycles. The number of halogens is 1. The second kappa shape index (κ2) is 9.35. The number of pyridine rings is 1. The first kappa shape index (κ1) is 22.8. The van der Waals surface area contributed by atoms with Crippen molar-refractivity contribution in [3.8, 4) is 16.9 Å². The Balaban J connectivity index is 1.56. The Morgan fingerprint density at radius 2 is 1.77 bits per heavy atom. The summed E-state index contributed by atoms with van der Waals surface area (Å²) >= 11 is 6.26. The van der Waals surface area contributed by atoms with E-state index in [0.29, 0.717) is 22.0 Å². The zero-order chi connectivity index (χ0) is 24.5. The molecule has 5 aromatic rings. The predicted molar refractivity (Wildman–Crippen MR) is 143 cm³/mol. The van der Waals surface area contributed by atoms with Gasteiger partial charge >= 0.3 is 0 Å². The van der Waals surface area contributed by atoms with E-state index in [1.165, 1.54) is 5.56 Å². The zero-order valence-electron chi connectivity index (χ0n) is 19.8. The fraction of sp³-hybridized carbons (Fsp3) is 0.138. The van der Waals surface area contributed by atoms with Gasteiger partial charge in [-0.05, 0) is 67.8 Å². The molecule has 0 saturated carbocycles. The van der Waals surface area contributed by atoms with Crippen LogP contribution >= 0.6 is 11.6 Å². The van der Waals surface area contributed by atoms with Gasteiger partial charge < -0.3 is 5.32 Å². The molecule has 6 heteroatoms. The summed E-state index contributed by atoms with van der Waals surface area (Å²) in [5, 5.41) is 8.99. The molecule has 0 radical (unpaired) electrons. The largest absolute Gasteiger partial charge is 0.322 e. The van der Waals surface area contributed by atoms with Crippen molar-refractivity contribution >= 4 is 34.1 Å². The Kier molecular flexibility index (Phi) is 6.10. The van der Waals surface area contributed by atoms with Crippen LogP contribution in [0.2, 0.25) is 5.02 Å². The molecule has 5 nitrogen and oxygen atoms in total. The van der Waals surface area contributed by atoms with Crippen molar-refractivity contribution in [2.24, 2.45) is 0 Å². The molecule has 0 aliphatic carbocycles. The number of hydrogen-bond donors (Lipinski definition) is 1. The van der Waals surface area contributed by atoms with E-state index < -0.39 is 0 Å². The summed E-state index contributed by atoms with van der Waals surface area (Å²) in [6.07, 6.45) is 2.80. The summed E-state index contributed by atoms with van der Waals surface area (Å²) in [5.41, 5.74) is 7.69. The molecule has 0 aliphatic heterocycles. The van der Waals surface area contributed by atoms with Gasteiger partial charge in [0.25, 0.3) is 5.91 Å². The van der Waals surface area contributed by atoms with Crippen LogP contribution in [0.1, 0.15) is 34.1 Å². The normalized spacial score (nSPS) is 11.1. The van der Waals surface area contributed by atoms with Crippen molar-refractivity contribution in [3.63, 3.8) is 0 Å². The lowest BCUT2D eigenvalue weighted by molar-refractivity contribution is 0.102. The Labute approximate surface area is 209 Å². The second-order valence-corrected chi connectivity index (χ2v) is 8.97. The number of anilines is 1. The molecule has 0 spiro atoms. The third-order valence-electron chi connectivity index (χ3n) is 6.27. The number of aryl methyl sites for hydroxylation is 2. The molecule has 1 N–H and O–H groups in total. The van der Waals surface area contributed by atoms with Crippen LogP contribution in [0.15, 0.2) is 79.0 Å². The van der Waals surface area contributed by atoms with Crippen LogP contribution in [0.25, 0.3) is 27.8 Å². The van der Waals surface area contributed by atoms with E-state index in [2.05, 4.69) is 41.6 Å². The average molecular weight is 481 g/mol. The van der Waals surface area contributed by atoms with Gasteiger partial charge in [-0.25, -0.2) is 9.67 Å². The third-order valence-corrected chi connectivity index (χ3v) is 6.67. The summed E-state index contributed by atoms with van der Waals surface area (Å²) in [5.74, 6) is -0.218. The number of carbonyl (C=O) groups is 1. The van der Waals surface area contributed by atoms with Crippen molar-refractivity contribution in [2.75, 3.05) is 5.32 Å². The number of para-hydroxylation sites is 1. The van der Waals surface area contributed by atoms with Crippen molar-refractivity contribution in [1.29, 1.82) is 0 Å². The van der Waals surface area contributed by atoms with Crippen LogP contribution in [0, 0.1) is 13.8 Å². The molecule has 35 heavy (non-hydrogen) atoms. The molecule has 0 aliphatic rings. The second-order valence-electron chi connectivity index (χ2n) is 8.57. The summed E-state index contributed by atoms with van der Waals surface area (Å²) in [4.78, 5) is 18.2. The highest BCUT2D eigenvalue weighted by atomic mass is 35.5. The highest BCUT2D eigenvalue weighted by Gasteiger charge is 2.18. The Morgan fingerprint density at radius 1 is 1.00 bits per heavy atom. The first-order valence-corrected chi connectivity index (χ1v) is 11.9. The molecule has 2 aromatic heterocycles. The zero-order valence-corrected chi connectivity index (χ0v) is 20.6. The van der Waals surface area contributed by atoms with Crippen molar-refractivity contribution < 1.29 is 4.79 Å². The van der Waals surface area contributed by atoms with Gasteiger partial charge in [-0.3, -0.25) is 4.79 Å². The summed E-state index contributed by atoms with van der Waals surface area (Å²) in [6.45, 7) is 6.08. The predicted octanol–water partition coefficient (Wildman–Crippen LogP) is 7.17. The third kappa shape index (κ3) is 4.43. The summed E-state index contributed by atoms with van der Waals surface area (Å²) in [6, 6.07) is 23.4. The van der Waals surface area contributed by atoms with Crippen LogP contribution in [-0.4, -0.2) is 20.7 Å². The number of hydrogen-bond acceptors (Lipinski definition) is 3. The van der Waals surface area contributed by atoms with Gasteiger partial charge in [-0.15, -0.1) is 0 Å². The molecule has 2 heterocycles. The van der Waals surface area contributed by atoms with E-state index in [9.17, 15) is 4.79 Å². The SMILES string of the molecule is CCc1ccc(-n2ncc(-c3cc(C(=O)Nc4ccc(C)c(Cl)c4)c4ccccc4n3)c2C)cc1.